The summed E-state index contributed by atoms with van der Waals surface area (Å²) in [5.41, 5.74) is 1.45. The molecule has 1 aromatic carbocycles. The lowest BCUT2D eigenvalue weighted by atomic mass is 9.82. The van der Waals surface area contributed by atoms with Gasteiger partial charge in [0, 0.05) is 6.04 Å². The van der Waals surface area contributed by atoms with Gasteiger partial charge in [-0.3, -0.25) is 0 Å². The second kappa shape index (κ2) is 6.97. The van der Waals surface area contributed by atoms with Crippen molar-refractivity contribution in [1.29, 1.82) is 0 Å². The zero-order valence-corrected chi connectivity index (χ0v) is 14.1. The molecule has 108 valence electrons. The standard InChI is InChI=1S/C16H25Cl2N/c1-11(10-16(2,3)4)9-14(19-5)12-7-6-8-13(17)15(12)18/h6-8,11,14,19H,9-10H2,1-5H3. The lowest BCUT2D eigenvalue weighted by molar-refractivity contribution is 0.279. The van der Waals surface area contributed by atoms with E-state index >= 15 is 0 Å². The molecule has 3 heteroatoms. The van der Waals surface area contributed by atoms with Crippen molar-refractivity contribution in [2.75, 3.05) is 7.05 Å². The van der Waals surface area contributed by atoms with Crippen LogP contribution in [0.3, 0.4) is 0 Å². The minimum Gasteiger partial charge on any atom is -0.313 e. The van der Waals surface area contributed by atoms with Crippen molar-refractivity contribution in [2.45, 2.75) is 46.6 Å². The Bertz CT molecular complexity index is 410. The molecule has 0 aliphatic rings. The van der Waals surface area contributed by atoms with Gasteiger partial charge in [-0.2, -0.15) is 0 Å². The van der Waals surface area contributed by atoms with Crippen molar-refractivity contribution >= 4 is 23.2 Å². The van der Waals surface area contributed by atoms with E-state index in [1.54, 1.807) is 0 Å². The van der Waals surface area contributed by atoms with Gasteiger partial charge >= 0.3 is 0 Å². The second-order valence-corrected chi connectivity index (χ2v) is 7.38. The van der Waals surface area contributed by atoms with Gasteiger partial charge in [-0.15, -0.1) is 0 Å². The molecule has 1 nitrogen and oxygen atoms in total. The van der Waals surface area contributed by atoms with Crippen LogP contribution in [0.25, 0.3) is 0 Å². The normalized spacial score (nSPS) is 15.3. The Labute approximate surface area is 127 Å². The summed E-state index contributed by atoms with van der Waals surface area (Å²) in [7, 11) is 1.98. The second-order valence-electron chi connectivity index (χ2n) is 6.59. The third kappa shape index (κ3) is 5.33. The number of rotatable bonds is 5. The van der Waals surface area contributed by atoms with Crippen molar-refractivity contribution in [2.24, 2.45) is 11.3 Å². The predicted molar refractivity (Wildman–Crippen MR) is 86.1 cm³/mol. The van der Waals surface area contributed by atoms with Crippen LogP contribution in [0.5, 0.6) is 0 Å². The van der Waals surface area contributed by atoms with E-state index in [0.717, 1.165) is 12.0 Å². The molecule has 19 heavy (non-hydrogen) atoms. The van der Waals surface area contributed by atoms with Crippen molar-refractivity contribution in [3.05, 3.63) is 33.8 Å². The Balaban J connectivity index is 2.81. The highest BCUT2D eigenvalue weighted by molar-refractivity contribution is 6.42. The van der Waals surface area contributed by atoms with Crippen LogP contribution >= 0.6 is 23.2 Å². The maximum atomic E-state index is 6.31. The van der Waals surface area contributed by atoms with Crippen molar-refractivity contribution in [1.82, 2.24) is 5.32 Å². The van der Waals surface area contributed by atoms with E-state index in [1.165, 1.54) is 6.42 Å². The van der Waals surface area contributed by atoms with Gasteiger partial charge in [0.25, 0.3) is 0 Å². The highest BCUT2D eigenvalue weighted by Crippen LogP contribution is 2.35. The van der Waals surface area contributed by atoms with E-state index < -0.39 is 0 Å². The van der Waals surface area contributed by atoms with Crippen LogP contribution in [-0.2, 0) is 0 Å². The van der Waals surface area contributed by atoms with Gasteiger partial charge in [-0.05, 0) is 42.9 Å². The first-order chi connectivity index (χ1) is 8.74. The summed E-state index contributed by atoms with van der Waals surface area (Å²) in [5.74, 6) is 0.632. The molecule has 0 fully saturated rings. The molecule has 0 heterocycles. The highest BCUT2D eigenvalue weighted by atomic mass is 35.5. The fraction of sp³-hybridized carbons (Fsp3) is 0.625. The van der Waals surface area contributed by atoms with Crippen LogP contribution in [0.4, 0.5) is 0 Å². The first kappa shape index (κ1) is 16.8. The summed E-state index contributed by atoms with van der Waals surface area (Å²) in [6.45, 7) is 9.15. The summed E-state index contributed by atoms with van der Waals surface area (Å²) in [6.07, 6.45) is 2.26. The van der Waals surface area contributed by atoms with Gasteiger partial charge in [0.15, 0.2) is 0 Å². The monoisotopic (exact) mass is 301 g/mol. The van der Waals surface area contributed by atoms with Gasteiger partial charge in [0.1, 0.15) is 0 Å². The Morgan fingerprint density at radius 3 is 2.37 bits per heavy atom. The molecular weight excluding hydrogens is 277 g/mol. The van der Waals surface area contributed by atoms with Crippen LogP contribution in [0, 0.1) is 11.3 Å². The van der Waals surface area contributed by atoms with Crippen LogP contribution in [0.15, 0.2) is 18.2 Å². The highest BCUT2D eigenvalue weighted by Gasteiger charge is 2.21. The van der Waals surface area contributed by atoms with E-state index in [1.807, 2.05) is 19.2 Å². The lowest BCUT2D eigenvalue weighted by Gasteiger charge is -2.27. The molecule has 1 N–H and O–H groups in total. The summed E-state index contributed by atoms with van der Waals surface area (Å²) >= 11 is 12.4. The van der Waals surface area contributed by atoms with Crippen molar-refractivity contribution < 1.29 is 0 Å². The number of benzene rings is 1. The summed E-state index contributed by atoms with van der Waals surface area (Å²) < 4.78 is 0. The lowest BCUT2D eigenvalue weighted by Crippen LogP contribution is -2.21. The summed E-state index contributed by atoms with van der Waals surface area (Å²) in [6, 6.07) is 6.10. The third-order valence-electron chi connectivity index (χ3n) is 3.30. The Morgan fingerprint density at radius 1 is 1.21 bits per heavy atom. The molecule has 0 radical (unpaired) electrons. The van der Waals surface area contributed by atoms with E-state index in [-0.39, 0.29) is 6.04 Å². The third-order valence-corrected chi connectivity index (χ3v) is 4.14. The molecule has 0 aliphatic heterocycles. The SMILES string of the molecule is CNC(CC(C)CC(C)(C)C)c1cccc(Cl)c1Cl. The molecule has 0 aliphatic carbocycles. The minimum atomic E-state index is 0.253. The molecule has 0 amide bonds. The number of halogens is 2. The molecule has 1 rings (SSSR count). The zero-order chi connectivity index (χ0) is 14.6. The Morgan fingerprint density at radius 2 is 1.84 bits per heavy atom. The molecule has 1 aromatic rings. The van der Waals surface area contributed by atoms with Crippen molar-refractivity contribution in [3.8, 4) is 0 Å². The smallest absolute Gasteiger partial charge is 0.0640 e. The van der Waals surface area contributed by atoms with Crippen LogP contribution in [0.2, 0.25) is 10.0 Å². The average Bonchev–Trinajstić information content (AvgIpc) is 2.27. The maximum Gasteiger partial charge on any atom is 0.0640 e. The van der Waals surface area contributed by atoms with Crippen LogP contribution in [0.1, 0.15) is 52.1 Å². The van der Waals surface area contributed by atoms with Gasteiger partial charge < -0.3 is 5.32 Å². The van der Waals surface area contributed by atoms with Gasteiger partial charge in [-0.1, -0.05) is 63.0 Å². The molecule has 2 atom stereocenters. The number of nitrogens with one attached hydrogen (secondary N) is 1. The minimum absolute atomic E-state index is 0.253. The largest absolute Gasteiger partial charge is 0.313 e. The molecule has 0 aromatic heterocycles. The molecular formula is C16H25Cl2N. The number of hydrogen-bond donors (Lipinski definition) is 1. The molecule has 0 spiro atoms. The average molecular weight is 302 g/mol. The first-order valence-electron chi connectivity index (χ1n) is 6.85. The quantitative estimate of drug-likeness (QED) is 0.734. The predicted octanol–water partition coefficient (Wildman–Crippen LogP) is 5.72. The summed E-state index contributed by atoms with van der Waals surface area (Å²) in [5, 5.41) is 4.66. The summed E-state index contributed by atoms with van der Waals surface area (Å²) in [4.78, 5) is 0. The maximum absolute atomic E-state index is 6.31. The number of hydrogen-bond acceptors (Lipinski definition) is 1. The van der Waals surface area contributed by atoms with Crippen molar-refractivity contribution in [3.63, 3.8) is 0 Å². The van der Waals surface area contributed by atoms with E-state index in [2.05, 4.69) is 39.1 Å². The van der Waals surface area contributed by atoms with Crippen LogP contribution < -0.4 is 5.32 Å². The molecule has 2 unspecified atom stereocenters. The molecule has 0 bridgehead atoms. The van der Waals surface area contributed by atoms with Gasteiger partial charge in [0.2, 0.25) is 0 Å². The fourth-order valence-electron chi connectivity index (χ4n) is 2.72. The Hall–Kier alpha value is -0.240. The first-order valence-corrected chi connectivity index (χ1v) is 7.61. The van der Waals surface area contributed by atoms with E-state index in [4.69, 9.17) is 23.2 Å². The molecule has 0 saturated heterocycles. The zero-order valence-electron chi connectivity index (χ0n) is 12.6. The van der Waals surface area contributed by atoms with E-state index in [9.17, 15) is 0 Å². The molecule has 0 saturated carbocycles. The van der Waals surface area contributed by atoms with Gasteiger partial charge in [-0.25, -0.2) is 0 Å². The fourth-order valence-corrected chi connectivity index (χ4v) is 3.16. The van der Waals surface area contributed by atoms with E-state index in [0.29, 0.717) is 21.4 Å². The topological polar surface area (TPSA) is 12.0 Å². The van der Waals surface area contributed by atoms with Gasteiger partial charge in [0.05, 0.1) is 10.0 Å². The Kier molecular flexibility index (Phi) is 6.16. The van der Waals surface area contributed by atoms with Crippen LogP contribution in [-0.4, -0.2) is 7.05 Å².